The van der Waals surface area contributed by atoms with E-state index >= 15 is 0 Å². The number of carbonyl (C=O) groups is 1. The van der Waals surface area contributed by atoms with Gasteiger partial charge in [-0.3, -0.25) is 4.79 Å². The lowest BCUT2D eigenvalue weighted by molar-refractivity contribution is -0.126. The Labute approximate surface area is 193 Å². The monoisotopic (exact) mass is 456 g/mol. The van der Waals surface area contributed by atoms with Gasteiger partial charge in [0.2, 0.25) is 5.91 Å². The second-order valence-electron chi connectivity index (χ2n) is 7.95. The molecule has 1 amide bonds. The number of benzene rings is 2. The Morgan fingerprint density at radius 1 is 1.34 bits per heavy atom. The van der Waals surface area contributed by atoms with Crippen LogP contribution in [0.1, 0.15) is 18.9 Å². The van der Waals surface area contributed by atoms with Crippen molar-refractivity contribution in [2.75, 3.05) is 39.9 Å². The van der Waals surface area contributed by atoms with Gasteiger partial charge < -0.3 is 25.0 Å². The number of hydrogen-bond acceptors (Lipinski definition) is 6. The number of piperazine rings is 1. The number of rotatable bonds is 6. The van der Waals surface area contributed by atoms with Gasteiger partial charge in [-0.25, -0.2) is 4.99 Å². The summed E-state index contributed by atoms with van der Waals surface area (Å²) >= 11 is 6.24. The van der Waals surface area contributed by atoms with E-state index in [4.69, 9.17) is 26.1 Å². The molecule has 0 radical (unpaired) electrons. The lowest BCUT2D eigenvalue weighted by Crippen LogP contribution is -2.58. The van der Waals surface area contributed by atoms with Gasteiger partial charge in [-0.2, -0.15) is 0 Å². The van der Waals surface area contributed by atoms with Crippen LogP contribution in [0.2, 0.25) is 5.02 Å². The van der Waals surface area contributed by atoms with Crippen molar-refractivity contribution in [3.8, 4) is 11.5 Å². The average molecular weight is 457 g/mol. The Kier molecular flexibility index (Phi) is 7.29. The lowest BCUT2D eigenvalue weighted by atomic mass is 9.93. The summed E-state index contributed by atoms with van der Waals surface area (Å²) in [4.78, 5) is 20.0. The number of amides is 1. The van der Waals surface area contributed by atoms with Crippen LogP contribution in [0.25, 0.3) is 0 Å². The summed E-state index contributed by atoms with van der Waals surface area (Å²) in [6, 6.07) is 13.4. The van der Waals surface area contributed by atoms with E-state index < -0.39 is 0 Å². The van der Waals surface area contributed by atoms with E-state index in [2.05, 4.69) is 15.5 Å². The molecule has 0 unspecified atom stereocenters. The molecule has 2 atom stereocenters. The first-order valence-corrected chi connectivity index (χ1v) is 11.4. The first-order valence-electron chi connectivity index (χ1n) is 11.0. The lowest BCUT2D eigenvalue weighted by Gasteiger charge is -2.38. The number of amidine groups is 1. The number of methoxy groups -OCH3 is 1. The van der Waals surface area contributed by atoms with Crippen LogP contribution in [-0.2, 0) is 9.53 Å². The minimum atomic E-state index is -0.144. The maximum absolute atomic E-state index is 12.8. The third kappa shape index (κ3) is 4.90. The fourth-order valence-electron chi connectivity index (χ4n) is 4.24. The van der Waals surface area contributed by atoms with Crippen LogP contribution in [0.4, 0.5) is 5.69 Å². The summed E-state index contributed by atoms with van der Waals surface area (Å²) < 4.78 is 11.2. The highest BCUT2D eigenvalue weighted by Crippen LogP contribution is 2.39. The maximum atomic E-state index is 12.8. The largest absolute Gasteiger partial charge is 0.454 e. The third-order valence-electron chi connectivity index (χ3n) is 5.87. The van der Waals surface area contributed by atoms with Crippen LogP contribution in [-0.4, -0.2) is 62.6 Å². The molecule has 32 heavy (non-hydrogen) atoms. The van der Waals surface area contributed by atoms with Crippen LogP contribution in [0.3, 0.4) is 0 Å². The van der Waals surface area contributed by atoms with E-state index in [1.807, 2.05) is 43.3 Å². The zero-order valence-electron chi connectivity index (χ0n) is 18.4. The molecule has 4 rings (SSSR count). The summed E-state index contributed by atoms with van der Waals surface area (Å²) in [5.41, 5.74) is 1.63. The molecule has 1 saturated heterocycles. The van der Waals surface area contributed by atoms with Gasteiger partial charge >= 0.3 is 0 Å². The van der Waals surface area contributed by atoms with Crippen molar-refractivity contribution < 1.29 is 14.3 Å². The Hall–Kier alpha value is -2.61. The molecule has 2 heterocycles. The van der Waals surface area contributed by atoms with Gasteiger partial charge in [-0.1, -0.05) is 30.7 Å². The molecule has 1 fully saturated rings. The number of nitrogens with zero attached hydrogens (tertiary/aromatic N) is 2. The molecule has 8 heteroatoms. The number of para-hydroxylation sites is 1. The molecular weight excluding hydrogens is 428 g/mol. The van der Waals surface area contributed by atoms with Gasteiger partial charge in [-0.05, 0) is 36.8 Å². The van der Waals surface area contributed by atoms with Crippen molar-refractivity contribution in [2.24, 2.45) is 10.9 Å². The zero-order chi connectivity index (χ0) is 22.5. The zero-order valence-corrected chi connectivity index (χ0v) is 19.2. The number of fused-ring (bicyclic) bond motifs is 2. The van der Waals surface area contributed by atoms with E-state index in [0.29, 0.717) is 36.2 Å². The summed E-state index contributed by atoms with van der Waals surface area (Å²) in [7, 11) is 1.63. The fourth-order valence-corrected chi connectivity index (χ4v) is 4.40. The smallest absolute Gasteiger partial charge is 0.224 e. The molecule has 2 aliphatic heterocycles. The predicted octanol–water partition coefficient (Wildman–Crippen LogP) is 3.59. The standard InChI is InChI=1S/C24H29ClN4O3/c1-3-17(24(30)27-11-13-31-2)20-15-29(12-10-26-20)23-18-6-4-5-7-21(18)32-22-9-8-16(25)14-19(22)28-23/h4-9,14,17,20,26H,3,10-13,15H2,1-2H3,(H,27,30)/t17-,20+/m0/s1. The number of carbonyl (C=O) groups excluding carboxylic acids is 1. The molecule has 0 spiro atoms. The van der Waals surface area contributed by atoms with Crippen LogP contribution in [0.5, 0.6) is 11.5 Å². The van der Waals surface area contributed by atoms with E-state index in [1.165, 1.54) is 0 Å². The molecule has 7 nitrogen and oxygen atoms in total. The summed E-state index contributed by atoms with van der Waals surface area (Å²) in [5.74, 6) is 2.17. The van der Waals surface area contributed by atoms with Gasteiger partial charge in [0.15, 0.2) is 5.75 Å². The maximum Gasteiger partial charge on any atom is 0.224 e. The SMILES string of the molecule is CC[C@H](C(=O)NCCOC)[C@H]1CN(C2=Nc3cc(Cl)ccc3Oc3ccccc32)CCN1. The molecule has 0 bridgehead atoms. The third-order valence-corrected chi connectivity index (χ3v) is 6.10. The Morgan fingerprint density at radius 2 is 2.19 bits per heavy atom. The van der Waals surface area contributed by atoms with Crippen molar-refractivity contribution in [1.29, 1.82) is 0 Å². The molecular formula is C24H29ClN4O3. The van der Waals surface area contributed by atoms with Crippen LogP contribution in [0.15, 0.2) is 47.5 Å². The van der Waals surface area contributed by atoms with Gasteiger partial charge in [0.1, 0.15) is 17.3 Å². The van der Waals surface area contributed by atoms with E-state index in [0.717, 1.165) is 36.7 Å². The van der Waals surface area contributed by atoms with Crippen molar-refractivity contribution in [3.63, 3.8) is 0 Å². The molecule has 0 aromatic heterocycles. The van der Waals surface area contributed by atoms with Crippen LogP contribution >= 0.6 is 11.6 Å². The second-order valence-corrected chi connectivity index (χ2v) is 8.39. The highest BCUT2D eigenvalue weighted by atomic mass is 35.5. The van der Waals surface area contributed by atoms with Gasteiger partial charge in [0.05, 0.1) is 18.1 Å². The highest BCUT2D eigenvalue weighted by Gasteiger charge is 2.33. The number of nitrogens with one attached hydrogen (secondary N) is 2. The van der Waals surface area contributed by atoms with Crippen molar-refractivity contribution in [2.45, 2.75) is 19.4 Å². The van der Waals surface area contributed by atoms with Crippen LogP contribution < -0.4 is 15.4 Å². The van der Waals surface area contributed by atoms with E-state index in [9.17, 15) is 4.79 Å². The second kappa shape index (κ2) is 10.3. The number of halogens is 1. The molecule has 0 aliphatic carbocycles. The number of ether oxygens (including phenoxy) is 2. The first kappa shape index (κ1) is 22.6. The minimum Gasteiger partial charge on any atom is -0.454 e. The van der Waals surface area contributed by atoms with E-state index in [1.54, 1.807) is 13.2 Å². The summed E-state index contributed by atoms with van der Waals surface area (Å²) in [6.45, 7) is 5.27. The summed E-state index contributed by atoms with van der Waals surface area (Å²) in [5, 5.41) is 7.13. The average Bonchev–Trinajstić information content (AvgIpc) is 2.96. The first-order chi connectivity index (χ1) is 15.6. The van der Waals surface area contributed by atoms with E-state index in [-0.39, 0.29) is 17.9 Å². The van der Waals surface area contributed by atoms with Crippen LogP contribution in [0, 0.1) is 5.92 Å². The number of hydrogen-bond donors (Lipinski definition) is 2. The number of aliphatic imine (C=N–C) groups is 1. The Balaban J connectivity index is 1.62. The van der Waals surface area contributed by atoms with Gasteiger partial charge in [0.25, 0.3) is 0 Å². The minimum absolute atomic E-state index is 0.00848. The summed E-state index contributed by atoms with van der Waals surface area (Å²) in [6.07, 6.45) is 0.745. The normalized spacial score (nSPS) is 18.5. The topological polar surface area (TPSA) is 75.2 Å². The highest BCUT2D eigenvalue weighted by molar-refractivity contribution is 6.31. The molecule has 2 aromatic rings. The molecule has 2 aromatic carbocycles. The van der Waals surface area contributed by atoms with Gasteiger partial charge in [-0.15, -0.1) is 0 Å². The molecule has 170 valence electrons. The molecule has 2 N–H and O–H groups in total. The Bertz CT molecular complexity index is 997. The van der Waals surface area contributed by atoms with Crippen molar-refractivity contribution >= 4 is 29.0 Å². The fraction of sp³-hybridized carbons (Fsp3) is 0.417. The molecule has 2 aliphatic rings. The van der Waals surface area contributed by atoms with Crippen molar-refractivity contribution in [1.82, 2.24) is 15.5 Å². The predicted molar refractivity (Wildman–Crippen MR) is 126 cm³/mol. The Morgan fingerprint density at radius 3 is 3.00 bits per heavy atom. The quantitative estimate of drug-likeness (QED) is 0.650. The molecule has 0 saturated carbocycles. The van der Waals surface area contributed by atoms with Gasteiger partial charge in [0, 0.05) is 44.4 Å². The van der Waals surface area contributed by atoms with Crippen molar-refractivity contribution in [3.05, 3.63) is 53.1 Å².